The smallest absolute Gasteiger partial charge is 0.257 e. The van der Waals surface area contributed by atoms with Gasteiger partial charge in [0.1, 0.15) is 11.5 Å². The van der Waals surface area contributed by atoms with Crippen LogP contribution in [0.3, 0.4) is 0 Å². The highest BCUT2D eigenvalue weighted by Crippen LogP contribution is 2.26. The van der Waals surface area contributed by atoms with Crippen LogP contribution in [0.2, 0.25) is 0 Å². The van der Waals surface area contributed by atoms with Gasteiger partial charge in [-0.2, -0.15) is 0 Å². The van der Waals surface area contributed by atoms with Crippen LogP contribution in [0.1, 0.15) is 43.0 Å². The van der Waals surface area contributed by atoms with Crippen molar-refractivity contribution < 1.29 is 14.6 Å². The predicted octanol–water partition coefficient (Wildman–Crippen LogP) is 3.05. The van der Waals surface area contributed by atoms with E-state index < -0.39 is 0 Å². The van der Waals surface area contributed by atoms with Crippen molar-refractivity contribution in [1.82, 2.24) is 4.90 Å². The second-order valence-electron chi connectivity index (χ2n) is 5.38. The molecule has 1 unspecified atom stereocenters. The summed E-state index contributed by atoms with van der Waals surface area (Å²) in [5.74, 6) is 1.23. The molecule has 1 aliphatic rings. The van der Waals surface area contributed by atoms with Crippen LogP contribution >= 0.6 is 0 Å². The van der Waals surface area contributed by atoms with Gasteiger partial charge in [0, 0.05) is 13.1 Å². The van der Waals surface area contributed by atoms with Crippen molar-refractivity contribution in [2.45, 2.75) is 32.6 Å². The van der Waals surface area contributed by atoms with Crippen molar-refractivity contribution in [3.8, 4) is 11.5 Å². The third kappa shape index (κ3) is 3.24. The second kappa shape index (κ2) is 6.64. The zero-order valence-corrected chi connectivity index (χ0v) is 12.3. The molecule has 4 nitrogen and oxygen atoms in total. The first-order valence-electron chi connectivity index (χ1n) is 7.32. The van der Waals surface area contributed by atoms with Gasteiger partial charge in [-0.25, -0.2) is 0 Å². The number of benzene rings is 1. The van der Waals surface area contributed by atoms with Crippen molar-refractivity contribution in [1.29, 1.82) is 0 Å². The van der Waals surface area contributed by atoms with Crippen molar-refractivity contribution in [3.63, 3.8) is 0 Å². The van der Waals surface area contributed by atoms with Gasteiger partial charge < -0.3 is 14.7 Å². The lowest BCUT2D eigenvalue weighted by molar-refractivity contribution is 0.0756. The molecule has 1 amide bonds. The Balaban J connectivity index is 2.14. The maximum atomic E-state index is 12.5. The Hall–Kier alpha value is -1.71. The Morgan fingerprint density at radius 3 is 2.90 bits per heavy atom. The molecule has 1 aromatic rings. The van der Waals surface area contributed by atoms with E-state index in [1.165, 1.54) is 18.9 Å². The maximum Gasteiger partial charge on any atom is 0.257 e. The van der Waals surface area contributed by atoms with Gasteiger partial charge in [0.2, 0.25) is 0 Å². The lowest BCUT2D eigenvalue weighted by Gasteiger charge is -2.21. The van der Waals surface area contributed by atoms with Crippen LogP contribution in [0.5, 0.6) is 11.5 Å². The zero-order valence-electron chi connectivity index (χ0n) is 12.3. The molecule has 1 N–H and O–H groups in total. The van der Waals surface area contributed by atoms with Crippen LogP contribution in [0.25, 0.3) is 0 Å². The van der Waals surface area contributed by atoms with Gasteiger partial charge in [-0.1, -0.05) is 13.3 Å². The minimum Gasteiger partial charge on any atom is -0.507 e. The fourth-order valence-electron chi connectivity index (χ4n) is 2.76. The van der Waals surface area contributed by atoms with E-state index >= 15 is 0 Å². The normalized spacial score (nSPS) is 19.5. The van der Waals surface area contributed by atoms with Gasteiger partial charge in [0.05, 0.1) is 12.7 Å². The SMILES string of the molecule is CCC1CCCN(C(=O)c2cc(OC)ccc2O)CC1. The topological polar surface area (TPSA) is 49.8 Å². The number of hydrogen-bond donors (Lipinski definition) is 1. The molecule has 0 aromatic heterocycles. The minimum atomic E-state index is -0.0989. The summed E-state index contributed by atoms with van der Waals surface area (Å²) in [6.45, 7) is 3.75. The van der Waals surface area contributed by atoms with Crippen LogP contribution in [0, 0.1) is 5.92 Å². The Morgan fingerprint density at radius 2 is 2.20 bits per heavy atom. The predicted molar refractivity (Wildman–Crippen MR) is 78.2 cm³/mol. The number of carbonyl (C=O) groups excluding carboxylic acids is 1. The Bertz CT molecular complexity index is 473. The molecule has 0 aliphatic carbocycles. The summed E-state index contributed by atoms with van der Waals surface area (Å²) in [4.78, 5) is 14.4. The molecule has 1 aromatic carbocycles. The number of hydrogen-bond acceptors (Lipinski definition) is 3. The van der Waals surface area contributed by atoms with Crippen molar-refractivity contribution in [2.24, 2.45) is 5.92 Å². The zero-order chi connectivity index (χ0) is 14.5. The molecule has 0 bridgehead atoms. The summed E-state index contributed by atoms with van der Waals surface area (Å²) in [5, 5.41) is 9.90. The number of amides is 1. The summed E-state index contributed by atoms with van der Waals surface area (Å²) < 4.78 is 5.12. The number of phenols is 1. The lowest BCUT2D eigenvalue weighted by atomic mass is 9.98. The summed E-state index contributed by atoms with van der Waals surface area (Å²) in [5.41, 5.74) is 0.333. The number of ether oxygens (including phenoxy) is 1. The van der Waals surface area contributed by atoms with E-state index in [9.17, 15) is 9.90 Å². The number of carbonyl (C=O) groups is 1. The number of nitrogens with zero attached hydrogens (tertiary/aromatic N) is 1. The molecule has 1 heterocycles. The van der Waals surface area contributed by atoms with Crippen LogP contribution < -0.4 is 4.74 Å². The first kappa shape index (κ1) is 14.7. The number of likely N-dealkylation sites (tertiary alicyclic amines) is 1. The highest BCUT2D eigenvalue weighted by Gasteiger charge is 2.23. The molecule has 20 heavy (non-hydrogen) atoms. The molecule has 0 radical (unpaired) electrons. The molecule has 1 atom stereocenters. The van der Waals surface area contributed by atoms with Crippen LogP contribution in [-0.2, 0) is 0 Å². The summed E-state index contributed by atoms with van der Waals surface area (Å²) >= 11 is 0. The van der Waals surface area contributed by atoms with E-state index in [4.69, 9.17) is 4.74 Å². The molecule has 1 aliphatic heterocycles. The molecule has 4 heteroatoms. The van der Waals surface area contributed by atoms with E-state index in [0.717, 1.165) is 25.9 Å². The second-order valence-corrected chi connectivity index (χ2v) is 5.38. The van der Waals surface area contributed by atoms with Crippen molar-refractivity contribution in [3.05, 3.63) is 23.8 Å². The number of aromatic hydroxyl groups is 1. The van der Waals surface area contributed by atoms with Crippen molar-refractivity contribution in [2.75, 3.05) is 20.2 Å². The molecule has 1 saturated heterocycles. The molecular weight excluding hydrogens is 254 g/mol. The molecule has 2 rings (SSSR count). The summed E-state index contributed by atoms with van der Waals surface area (Å²) in [6.07, 6.45) is 4.44. The third-order valence-electron chi connectivity index (χ3n) is 4.15. The standard InChI is InChI=1S/C16H23NO3/c1-3-12-5-4-9-17(10-8-12)16(19)14-11-13(20-2)6-7-15(14)18/h6-7,11-12,18H,3-5,8-10H2,1-2H3. The molecule has 1 fully saturated rings. The Labute approximate surface area is 120 Å². The molecule has 0 saturated carbocycles. The van der Waals surface area contributed by atoms with E-state index in [1.54, 1.807) is 19.2 Å². The van der Waals surface area contributed by atoms with Gasteiger partial charge in [-0.3, -0.25) is 4.79 Å². The maximum absolute atomic E-state index is 12.5. The Morgan fingerprint density at radius 1 is 1.40 bits per heavy atom. The first-order valence-corrected chi connectivity index (χ1v) is 7.32. The molecule has 110 valence electrons. The van der Waals surface area contributed by atoms with Crippen LogP contribution in [-0.4, -0.2) is 36.1 Å². The summed E-state index contributed by atoms with van der Waals surface area (Å²) in [6, 6.07) is 4.78. The van der Waals surface area contributed by atoms with E-state index in [-0.39, 0.29) is 11.7 Å². The quantitative estimate of drug-likeness (QED) is 0.923. The minimum absolute atomic E-state index is 0.0205. The van der Waals surface area contributed by atoms with E-state index in [1.807, 2.05) is 4.90 Å². The average Bonchev–Trinajstić information content (AvgIpc) is 2.72. The van der Waals surface area contributed by atoms with Gasteiger partial charge in [0.25, 0.3) is 5.91 Å². The number of phenolic OH excluding ortho intramolecular Hbond substituents is 1. The monoisotopic (exact) mass is 277 g/mol. The number of methoxy groups -OCH3 is 1. The van der Waals surface area contributed by atoms with Crippen molar-refractivity contribution >= 4 is 5.91 Å². The fourth-order valence-corrected chi connectivity index (χ4v) is 2.76. The highest BCUT2D eigenvalue weighted by atomic mass is 16.5. The van der Waals surface area contributed by atoms with Gasteiger partial charge in [-0.15, -0.1) is 0 Å². The Kier molecular flexibility index (Phi) is 4.88. The fraction of sp³-hybridized carbons (Fsp3) is 0.562. The van der Waals surface area contributed by atoms with Gasteiger partial charge in [-0.05, 0) is 43.4 Å². The largest absolute Gasteiger partial charge is 0.507 e. The molecule has 0 spiro atoms. The first-order chi connectivity index (χ1) is 9.65. The van der Waals surface area contributed by atoms with Crippen LogP contribution in [0.4, 0.5) is 0 Å². The molecular formula is C16H23NO3. The third-order valence-corrected chi connectivity index (χ3v) is 4.15. The van der Waals surface area contributed by atoms with E-state index in [2.05, 4.69) is 6.92 Å². The lowest BCUT2D eigenvalue weighted by Crippen LogP contribution is -2.32. The van der Waals surface area contributed by atoms with E-state index in [0.29, 0.717) is 17.2 Å². The van der Waals surface area contributed by atoms with Gasteiger partial charge in [0.15, 0.2) is 0 Å². The van der Waals surface area contributed by atoms with Crippen LogP contribution in [0.15, 0.2) is 18.2 Å². The summed E-state index contributed by atoms with van der Waals surface area (Å²) in [7, 11) is 1.55. The van der Waals surface area contributed by atoms with Gasteiger partial charge >= 0.3 is 0 Å². The average molecular weight is 277 g/mol. The highest BCUT2D eigenvalue weighted by molar-refractivity contribution is 5.97. The number of rotatable bonds is 3.